The van der Waals surface area contributed by atoms with Crippen LogP contribution in [0.1, 0.15) is 37.1 Å². The van der Waals surface area contributed by atoms with Gasteiger partial charge in [0.15, 0.2) is 0 Å². The van der Waals surface area contributed by atoms with Crippen LogP contribution in [-0.4, -0.2) is 26.2 Å². The molecule has 8 heteroatoms. The molecule has 0 bridgehead atoms. The highest BCUT2D eigenvalue weighted by atomic mass is 35.5. The summed E-state index contributed by atoms with van der Waals surface area (Å²) < 4.78 is 109. The lowest BCUT2D eigenvalue weighted by atomic mass is 9.99. The molecule has 0 aromatic heterocycles. The van der Waals surface area contributed by atoms with Gasteiger partial charge in [0.25, 0.3) is 0 Å². The number of esters is 1. The first-order chi connectivity index (χ1) is 13.9. The molecule has 0 saturated heterocycles. The molecule has 0 unspecified atom stereocenters. The van der Waals surface area contributed by atoms with Gasteiger partial charge in [0.2, 0.25) is 10.0 Å². The number of nitrogens with one attached hydrogen (secondary N) is 1. The van der Waals surface area contributed by atoms with Crippen LogP contribution in [0.4, 0.5) is 10.1 Å². The summed E-state index contributed by atoms with van der Waals surface area (Å²) in [6, 6.07) is -3.29. The van der Waals surface area contributed by atoms with E-state index in [0.717, 1.165) is 0 Å². The smallest absolute Gasteiger partial charge is 0.335 e. The maximum Gasteiger partial charge on any atom is 0.335 e. The van der Waals surface area contributed by atoms with E-state index < -0.39 is 80.6 Å². The second kappa shape index (κ2) is 7.31. The summed E-state index contributed by atoms with van der Waals surface area (Å²) in [5, 5.41) is -4.04. The van der Waals surface area contributed by atoms with Crippen molar-refractivity contribution in [2.75, 3.05) is 11.3 Å². The Morgan fingerprint density at radius 1 is 1.65 bits per heavy atom. The Labute approximate surface area is 150 Å². The molecule has 0 spiro atoms. The molecule has 0 saturated carbocycles. The summed E-state index contributed by atoms with van der Waals surface area (Å²) in [4.78, 5) is 12.3. The highest BCUT2D eigenvalue weighted by Gasteiger charge is 2.35. The molecule has 2 rings (SSSR count). The highest BCUT2D eigenvalue weighted by Crippen LogP contribution is 2.30. The maximum atomic E-state index is 13.8. The van der Waals surface area contributed by atoms with Gasteiger partial charge >= 0.3 is 5.97 Å². The highest BCUT2D eigenvalue weighted by molar-refractivity contribution is 7.93. The van der Waals surface area contributed by atoms with Crippen molar-refractivity contribution in [1.82, 2.24) is 0 Å². The number of carbonyl (C=O) groups excluding carboxylic acids is 1. The number of allylic oxidation sites excluding steroid dienone is 1. The van der Waals surface area contributed by atoms with Crippen LogP contribution in [0.15, 0.2) is 29.8 Å². The Morgan fingerprint density at radius 2 is 2.39 bits per heavy atom. The maximum absolute atomic E-state index is 13.8. The summed E-state index contributed by atoms with van der Waals surface area (Å²) in [5.74, 6) is -2.85. The molecule has 1 aliphatic carbocycles. The van der Waals surface area contributed by atoms with E-state index in [1.54, 1.807) is 4.72 Å². The molecule has 1 N–H and O–H groups in total. The van der Waals surface area contributed by atoms with E-state index in [1.807, 2.05) is 0 Å². The minimum atomic E-state index is -5.21. The molecule has 1 aliphatic rings. The van der Waals surface area contributed by atoms with Gasteiger partial charge < -0.3 is 4.74 Å². The number of hydrogen-bond acceptors (Lipinski definition) is 4. The third-order valence-electron chi connectivity index (χ3n) is 2.66. The normalized spacial score (nSPS) is 30.8. The Bertz CT molecular complexity index is 1050. The van der Waals surface area contributed by atoms with Gasteiger partial charge in [-0.1, -0.05) is 17.7 Å². The van der Waals surface area contributed by atoms with Crippen molar-refractivity contribution in [3.8, 4) is 0 Å². The van der Waals surface area contributed by atoms with Gasteiger partial charge in [-0.05, 0) is 44.2 Å². The van der Waals surface area contributed by atoms with Gasteiger partial charge in [-0.15, -0.1) is 0 Å². The zero-order valence-electron chi connectivity index (χ0n) is 19.8. The number of halogens is 2. The molecular weight excluding hydrogens is 345 g/mol. The predicted octanol–water partition coefficient (Wildman–Crippen LogP) is 3.26. The molecule has 1 aromatic carbocycles. The summed E-state index contributed by atoms with van der Waals surface area (Å²) in [7, 11) is -5.21. The standard InChI is InChI=1S/C15H17ClFNO4S/c1-2-22-15(19)11-5-3-4-6-14(11)23(20,21)18-13-8-7-10(17)9-12(13)16/h5,7-9,14,18H,2-4,6H2,1H3/t14-/m1/s1/i3D2,4D2,7D,8D,9D,14D. The largest absolute Gasteiger partial charge is 0.463 e. The fourth-order valence-corrected chi connectivity index (χ4v) is 3.15. The van der Waals surface area contributed by atoms with Gasteiger partial charge in [0.05, 0.1) is 28.4 Å². The van der Waals surface area contributed by atoms with E-state index in [1.165, 1.54) is 6.92 Å². The lowest BCUT2D eigenvalue weighted by molar-refractivity contribution is -0.138. The van der Waals surface area contributed by atoms with Crippen molar-refractivity contribution in [3.05, 3.63) is 40.6 Å². The molecule has 0 heterocycles. The van der Waals surface area contributed by atoms with Gasteiger partial charge in [0.1, 0.15) is 11.0 Å². The van der Waals surface area contributed by atoms with E-state index in [2.05, 4.69) is 0 Å². The number of rotatable bonds is 5. The minimum absolute atomic E-state index is 0.249. The number of anilines is 1. The summed E-state index contributed by atoms with van der Waals surface area (Å²) >= 11 is 5.76. The fraction of sp³-hybridized carbons (Fsp3) is 0.400. The van der Waals surface area contributed by atoms with Crippen molar-refractivity contribution < 1.29 is 33.3 Å². The topological polar surface area (TPSA) is 72.5 Å². The van der Waals surface area contributed by atoms with Crippen molar-refractivity contribution in [2.45, 2.75) is 31.3 Å². The van der Waals surface area contributed by atoms with Crippen LogP contribution in [0, 0.1) is 5.82 Å². The van der Waals surface area contributed by atoms with E-state index in [0.29, 0.717) is 6.08 Å². The molecule has 5 nitrogen and oxygen atoms in total. The third kappa shape index (κ3) is 4.23. The van der Waals surface area contributed by atoms with Gasteiger partial charge in [-0.3, -0.25) is 4.72 Å². The van der Waals surface area contributed by atoms with Crippen LogP contribution in [0.3, 0.4) is 0 Å². The average molecular weight is 370 g/mol. The molecule has 126 valence electrons. The van der Waals surface area contributed by atoms with Crippen LogP contribution >= 0.6 is 11.6 Å². The molecule has 0 radical (unpaired) electrons. The predicted molar refractivity (Wildman–Crippen MR) is 86.3 cm³/mol. The molecule has 0 fully saturated rings. The van der Waals surface area contributed by atoms with Crippen LogP contribution in [-0.2, 0) is 19.6 Å². The first-order valence-corrected chi connectivity index (χ1v) is 8.17. The van der Waals surface area contributed by atoms with E-state index in [9.17, 15) is 17.6 Å². The number of hydrogen-bond donors (Lipinski definition) is 1. The van der Waals surface area contributed by atoms with Gasteiger partial charge in [-0.2, -0.15) is 0 Å². The van der Waals surface area contributed by atoms with Crippen molar-refractivity contribution in [3.63, 3.8) is 0 Å². The quantitative estimate of drug-likeness (QED) is 0.808. The van der Waals surface area contributed by atoms with Crippen LogP contribution in [0.5, 0.6) is 0 Å². The number of sulfonamides is 1. The second-order valence-electron chi connectivity index (χ2n) is 4.18. The van der Waals surface area contributed by atoms with Crippen LogP contribution in [0.25, 0.3) is 0 Å². The van der Waals surface area contributed by atoms with E-state index >= 15 is 0 Å². The minimum Gasteiger partial charge on any atom is -0.463 e. The van der Waals surface area contributed by atoms with Crippen LogP contribution in [0.2, 0.25) is 5.02 Å². The van der Waals surface area contributed by atoms with Gasteiger partial charge in [0, 0.05) is 5.48 Å². The zero-order chi connectivity index (χ0) is 24.2. The van der Waals surface area contributed by atoms with E-state index in [4.69, 9.17) is 27.3 Å². The first-order valence-electron chi connectivity index (χ1n) is 10.3. The first kappa shape index (κ1) is 9.64. The van der Waals surface area contributed by atoms with Crippen molar-refractivity contribution in [1.29, 1.82) is 0 Å². The van der Waals surface area contributed by atoms with Gasteiger partial charge in [-0.25, -0.2) is 17.6 Å². The molecular formula is C15H17ClFNO4S. The molecule has 0 aliphatic heterocycles. The Kier molecular flexibility index (Phi) is 3.06. The summed E-state index contributed by atoms with van der Waals surface area (Å²) in [6.07, 6.45) is -6.73. The Morgan fingerprint density at radius 3 is 3.09 bits per heavy atom. The van der Waals surface area contributed by atoms with Crippen LogP contribution < -0.4 is 4.72 Å². The molecule has 1 atom stereocenters. The van der Waals surface area contributed by atoms with Crippen molar-refractivity contribution >= 4 is 33.3 Å². The lowest BCUT2D eigenvalue weighted by Gasteiger charge is -2.24. The number of benzene rings is 1. The second-order valence-corrected chi connectivity index (χ2v) is 6.26. The Balaban J connectivity index is 2.72. The fourth-order valence-electron chi connectivity index (χ4n) is 1.68. The SMILES string of the molecule is [2H]c1c([2H])c(NS(=O)(=O)[C@]2([2H])CC([2H])([2H])C([2H])([2H])C=C2C(=O)OCC)c(Cl)c([2H])c1F. The molecule has 1 aromatic rings. The number of ether oxygens (including phenoxy) is 1. The average Bonchev–Trinajstić information content (AvgIpc) is 2.65. The Hall–Kier alpha value is -1.60. The summed E-state index contributed by atoms with van der Waals surface area (Å²) in [6.45, 7) is 1.13. The van der Waals surface area contributed by atoms with Crippen molar-refractivity contribution in [2.24, 2.45) is 0 Å². The summed E-state index contributed by atoms with van der Waals surface area (Å²) in [5.41, 5.74) is -1.93. The lowest BCUT2D eigenvalue weighted by Crippen LogP contribution is -2.34. The number of carbonyl (C=O) groups is 1. The zero-order valence-corrected chi connectivity index (χ0v) is 13.4. The molecule has 0 amide bonds. The monoisotopic (exact) mass is 369 g/mol. The van der Waals surface area contributed by atoms with E-state index in [-0.39, 0.29) is 6.61 Å². The molecule has 23 heavy (non-hydrogen) atoms. The third-order valence-corrected chi connectivity index (χ3v) is 4.43.